The van der Waals surface area contributed by atoms with E-state index in [0.717, 1.165) is 19.3 Å². The molecule has 0 aliphatic heterocycles. The van der Waals surface area contributed by atoms with Gasteiger partial charge in [-0.05, 0) is 30.9 Å². The summed E-state index contributed by atoms with van der Waals surface area (Å²) in [4.78, 5) is 22.6. The van der Waals surface area contributed by atoms with E-state index in [9.17, 15) is 14.9 Å². The van der Waals surface area contributed by atoms with Crippen LogP contribution in [-0.4, -0.2) is 22.8 Å². The first-order valence-electron chi connectivity index (χ1n) is 6.33. The van der Waals surface area contributed by atoms with E-state index in [-0.39, 0.29) is 23.2 Å². The lowest BCUT2D eigenvalue weighted by atomic mass is 10.1. The number of amides is 1. The van der Waals surface area contributed by atoms with Crippen molar-refractivity contribution >= 4 is 34.8 Å². The van der Waals surface area contributed by atoms with Gasteiger partial charge in [0, 0.05) is 23.0 Å². The molecule has 108 valence electrons. The van der Waals surface area contributed by atoms with Gasteiger partial charge in [-0.2, -0.15) is 0 Å². The third-order valence-corrected chi connectivity index (χ3v) is 4.21. The molecule has 1 amide bonds. The van der Waals surface area contributed by atoms with Gasteiger partial charge in [-0.3, -0.25) is 14.9 Å². The summed E-state index contributed by atoms with van der Waals surface area (Å²) in [7, 11) is 0. The molecule has 0 aromatic heterocycles. The molecule has 1 saturated carbocycles. The fourth-order valence-electron chi connectivity index (χ4n) is 2.51. The lowest BCUT2D eigenvalue weighted by Gasteiger charge is -2.18. The average molecular weight is 317 g/mol. The molecule has 0 heterocycles. The van der Waals surface area contributed by atoms with Crippen LogP contribution in [0.1, 0.15) is 29.6 Å². The van der Waals surface area contributed by atoms with Crippen LogP contribution >= 0.6 is 23.2 Å². The van der Waals surface area contributed by atoms with E-state index in [0.29, 0.717) is 10.9 Å². The topological polar surface area (TPSA) is 72.2 Å². The number of hydrogen-bond donors (Lipinski definition) is 1. The van der Waals surface area contributed by atoms with Gasteiger partial charge in [-0.1, -0.05) is 18.0 Å². The second kappa shape index (κ2) is 6.41. The molecule has 1 aromatic carbocycles. The van der Waals surface area contributed by atoms with Crippen molar-refractivity contribution in [2.75, 3.05) is 5.88 Å². The van der Waals surface area contributed by atoms with E-state index in [4.69, 9.17) is 23.2 Å². The Morgan fingerprint density at radius 1 is 1.45 bits per heavy atom. The monoisotopic (exact) mass is 316 g/mol. The Hall–Kier alpha value is -1.33. The van der Waals surface area contributed by atoms with Crippen LogP contribution in [-0.2, 0) is 0 Å². The summed E-state index contributed by atoms with van der Waals surface area (Å²) in [6.45, 7) is 0. The van der Waals surface area contributed by atoms with E-state index in [2.05, 4.69) is 5.32 Å². The zero-order valence-electron chi connectivity index (χ0n) is 10.6. The van der Waals surface area contributed by atoms with E-state index in [1.807, 2.05) is 0 Å². The summed E-state index contributed by atoms with van der Waals surface area (Å²) in [6.07, 6.45) is 2.81. The molecule has 0 bridgehead atoms. The maximum absolute atomic E-state index is 12.2. The highest BCUT2D eigenvalue weighted by Crippen LogP contribution is 2.28. The van der Waals surface area contributed by atoms with Crippen molar-refractivity contribution in [3.8, 4) is 0 Å². The summed E-state index contributed by atoms with van der Waals surface area (Å²) in [6, 6.07) is 3.93. The van der Waals surface area contributed by atoms with Gasteiger partial charge in [-0.25, -0.2) is 0 Å². The van der Waals surface area contributed by atoms with Gasteiger partial charge in [0.2, 0.25) is 0 Å². The van der Waals surface area contributed by atoms with Crippen molar-refractivity contribution in [1.82, 2.24) is 5.32 Å². The molecule has 2 rings (SSSR count). The Kier molecular flexibility index (Phi) is 4.83. The van der Waals surface area contributed by atoms with Crippen LogP contribution in [0.3, 0.4) is 0 Å². The molecular weight excluding hydrogens is 303 g/mol. The lowest BCUT2D eigenvalue weighted by molar-refractivity contribution is -0.385. The van der Waals surface area contributed by atoms with Crippen molar-refractivity contribution in [1.29, 1.82) is 0 Å². The largest absolute Gasteiger partial charge is 0.349 e. The number of hydrogen-bond acceptors (Lipinski definition) is 3. The van der Waals surface area contributed by atoms with Crippen LogP contribution in [0.5, 0.6) is 0 Å². The normalized spacial score (nSPS) is 21.7. The first-order chi connectivity index (χ1) is 9.52. The molecule has 1 aliphatic carbocycles. The Bertz CT molecular complexity index is 536. The predicted molar refractivity (Wildman–Crippen MR) is 77.4 cm³/mol. The second-order valence-electron chi connectivity index (χ2n) is 4.84. The van der Waals surface area contributed by atoms with E-state index >= 15 is 0 Å². The van der Waals surface area contributed by atoms with Crippen molar-refractivity contribution in [2.24, 2.45) is 5.92 Å². The highest BCUT2D eigenvalue weighted by atomic mass is 35.5. The summed E-state index contributed by atoms with van der Waals surface area (Å²) in [5, 5.41) is 14.1. The zero-order chi connectivity index (χ0) is 14.7. The predicted octanol–water partition coefficient (Wildman–Crippen LogP) is 3.39. The highest BCUT2D eigenvalue weighted by molar-refractivity contribution is 6.31. The van der Waals surface area contributed by atoms with E-state index in [1.54, 1.807) is 0 Å². The summed E-state index contributed by atoms with van der Waals surface area (Å²) in [5.74, 6) is 0.225. The molecule has 0 saturated heterocycles. The number of alkyl halides is 1. The second-order valence-corrected chi connectivity index (χ2v) is 5.59. The van der Waals surface area contributed by atoms with Crippen molar-refractivity contribution in [3.05, 3.63) is 38.9 Å². The van der Waals surface area contributed by atoms with Crippen molar-refractivity contribution < 1.29 is 9.72 Å². The molecule has 2 unspecified atom stereocenters. The number of benzene rings is 1. The summed E-state index contributed by atoms with van der Waals surface area (Å²) in [5.41, 5.74) is -0.255. The van der Waals surface area contributed by atoms with Gasteiger partial charge in [-0.15, -0.1) is 11.6 Å². The van der Waals surface area contributed by atoms with Crippen LogP contribution in [0, 0.1) is 16.0 Å². The lowest BCUT2D eigenvalue weighted by Crippen LogP contribution is -2.38. The molecule has 0 radical (unpaired) electrons. The Labute approximate surface area is 126 Å². The van der Waals surface area contributed by atoms with Gasteiger partial charge in [0.1, 0.15) is 5.56 Å². The van der Waals surface area contributed by atoms with Gasteiger partial charge in [0.25, 0.3) is 11.6 Å². The third-order valence-electron chi connectivity index (χ3n) is 3.57. The van der Waals surface area contributed by atoms with Gasteiger partial charge in [0.15, 0.2) is 0 Å². The third kappa shape index (κ3) is 3.22. The standard InChI is InChI=1S/C13H14Cl2N2O3/c14-7-8-2-1-3-11(8)16-13(18)10-6-9(15)4-5-12(10)17(19)20/h4-6,8,11H,1-3,7H2,(H,16,18). The fraction of sp³-hybridized carbons (Fsp3) is 0.462. The number of nitro groups is 1. The summed E-state index contributed by atoms with van der Waals surface area (Å²) >= 11 is 11.7. The van der Waals surface area contributed by atoms with Crippen LogP contribution in [0.4, 0.5) is 5.69 Å². The first-order valence-corrected chi connectivity index (χ1v) is 7.25. The number of rotatable bonds is 4. The average Bonchev–Trinajstić information content (AvgIpc) is 2.85. The van der Waals surface area contributed by atoms with Crippen molar-refractivity contribution in [2.45, 2.75) is 25.3 Å². The van der Waals surface area contributed by atoms with Crippen LogP contribution in [0.25, 0.3) is 0 Å². The molecule has 1 aliphatic rings. The number of nitrogens with one attached hydrogen (secondary N) is 1. The SMILES string of the molecule is O=C(NC1CCCC1CCl)c1cc(Cl)ccc1[N+](=O)[O-]. The minimum atomic E-state index is -0.584. The number of carbonyl (C=O) groups is 1. The van der Waals surface area contributed by atoms with E-state index in [1.165, 1.54) is 18.2 Å². The molecular formula is C13H14Cl2N2O3. The molecule has 7 heteroatoms. The minimum absolute atomic E-state index is 0.0114. The number of nitro benzene ring substituents is 1. The van der Waals surface area contributed by atoms with Crippen molar-refractivity contribution in [3.63, 3.8) is 0 Å². The molecule has 1 fully saturated rings. The summed E-state index contributed by atoms with van der Waals surface area (Å²) < 4.78 is 0. The van der Waals surface area contributed by atoms with Gasteiger partial charge < -0.3 is 5.32 Å². The smallest absolute Gasteiger partial charge is 0.282 e. The minimum Gasteiger partial charge on any atom is -0.349 e. The maximum Gasteiger partial charge on any atom is 0.282 e. The maximum atomic E-state index is 12.2. The molecule has 2 atom stereocenters. The van der Waals surface area contributed by atoms with Crippen LogP contribution in [0.15, 0.2) is 18.2 Å². The highest BCUT2D eigenvalue weighted by Gasteiger charge is 2.30. The Morgan fingerprint density at radius 3 is 2.85 bits per heavy atom. The van der Waals surface area contributed by atoms with Gasteiger partial charge in [0.05, 0.1) is 4.92 Å². The molecule has 20 heavy (non-hydrogen) atoms. The Morgan fingerprint density at radius 2 is 2.20 bits per heavy atom. The zero-order valence-corrected chi connectivity index (χ0v) is 12.2. The molecule has 1 N–H and O–H groups in total. The molecule has 5 nitrogen and oxygen atoms in total. The quantitative estimate of drug-likeness (QED) is 0.525. The first kappa shape index (κ1) is 15.1. The molecule has 0 spiro atoms. The number of nitrogens with zero attached hydrogens (tertiary/aromatic N) is 1. The fourth-order valence-corrected chi connectivity index (χ4v) is 3.05. The van der Waals surface area contributed by atoms with Crippen LogP contribution < -0.4 is 5.32 Å². The molecule has 1 aromatic rings. The number of carbonyl (C=O) groups excluding carboxylic acids is 1. The van der Waals surface area contributed by atoms with Crippen LogP contribution in [0.2, 0.25) is 5.02 Å². The van der Waals surface area contributed by atoms with Gasteiger partial charge >= 0.3 is 0 Å². The number of halogens is 2. The Balaban J connectivity index is 2.20. The van der Waals surface area contributed by atoms with E-state index < -0.39 is 10.8 Å².